The first kappa shape index (κ1) is 14.7. The lowest BCUT2D eigenvalue weighted by Crippen LogP contribution is -2.30. The number of rotatable bonds is 6. The van der Waals surface area contributed by atoms with E-state index in [1.54, 1.807) is 6.07 Å². The largest absolute Gasteiger partial charge is 0.378 e. The van der Waals surface area contributed by atoms with Crippen molar-refractivity contribution in [2.45, 2.75) is 44.2 Å². The number of hydrogen-bond acceptors (Lipinski definition) is 6. The van der Waals surface area contributed by atoms with Gasteiger partial charge in [-0.2, -0.15) is 10.4 Å². The topological polar surface area (TPSA) is 96.8 Å². The standard InChI is InChI=1S/C14H21N5O/c15-10-11-6-8-18-19-14(11)17-7-1-9-20-13-4-2-12(16)3-5-13/h6,8,12-13H,1-5,7,9,16H2,(H,17,19). The van der Waals surface area contributed by atoms with Crippen LogP contribution in [0.1, 0.15) is 37.7 Å². The van der Waals surface area contributed by atoms with Gasteiger partial charge in [0.2, 0.25) is 0 Å². The number of hydrogen-bond donors (Lipinski definition) is 2. The maximum atomic E-state index is 8.92. The Hall–Kier alpha value is -1.71. The zero-order chi connectivity index (χ0) is 14.2. The van der Waals surface area contributed by atoms with Crippen LogP contribution in [0.4, 0.5) is 5.82 Å². The fourth-order valence-corrected chi connectivity index (χ4v) is 2.34. The molecule has 1 aliphatic rings. The summed E-state index contributed by atoms with van der Waals surface area (Å²) in [6.45, 7) is 1.44. The van der Waals surface area contributed by atoms with Crippen molar-refractivity contribution in [1.82, 2.24) is 10.2 Å². The minimum Gasteiger partial charge on any atom is -0.378 e. The second-order valence-corrected chi connectivity index (χ2v) is 5.09. The third-order valence-corrected chi connectivity index (χ3v) is 3.53. The summed E-state index contributed by atoms with van der Waals surface area (Å²) in [7, 11) is 0. The molecule has 6 nitrogen and oxygen atoms in total. The van der Waals surface area contributed by atoms with Crippen molar-refractivity contribution < 1.29 is 4.74 Å². The highest BCUT2D eigenvalue weighted by Crippen LogP contribution is 2.19. The van der Waals surface area contributed by atoms with E-state index >= 15 is 0 Å². The van der Waals surface area contributed by atoms with E-state index in [1.165, 1.54) is 6.20 Å². The zero-order valence-electron chi connectivity index (χ0n) is 11.6. The normalized spacial score (nSPS) is 22.2. The summed E-state index contributed by atoms with van der Waals surface area (Å²) in [6, 6.07) is 4.09. The minimum atomic E-state index is 0.359. The molecule has 1 aromatic rings. The Balaban J connectivity index is 1.61. The molecule has 0 spiro atoms. The summed E-state index contributed by atoms with van der Waals surface area (Å²) in [5, 5.41) is 19.7. The highest BCUT2D eigenvalue weighted by molar-refractivity contribution is 5.49. The molecule has 1 aromatic heterocycles. The minimum absolute atomic E-state index is 0.359. The van der Waals surface area contributed by atoms with E-state index in [-0.39, 0.29) is 0 Å². The van der Waals surface area contributed by atoms with Gasteiger partial charge in [0.15, 0.2) is 5.82 Å². The van der Waals surface area contributed by atoms with E-state index in [4.69, 9.17) is 15.7 Å². The molecule has 1 fully saturated rings. The molecule has 108 valence electrons. The van der Waals surface area contributed by atoms with Gasteiger partial charge in [-0.3, -0.25) is 0 Å². The lowest BCUT2D eigenvalue weighted by atomic mass is 9.94. The van der Waals surface area contributed by atoms with E-state index in [0.717, 1.165) is 45.3 Å². The monoisotopic (exact) mass is 275 g/mol. The molecule has 0 atom stereocenters. The van der Waals surface area contributed by atoms with E-state index in [2.05, 4.69) is 21.6 Å². The van der Waals surface area contributed by atoms with Crippen molar-refractivity contribution in [1.29, 1.82) is 5.26 Å². The fourth-order valence-electron chi connectivity index (χ4n) is 2.34. The van der Waals surface area contributed by atoms with Crippen LogP contribution in [-0.2, 0) is 4.74 Å². The lowest BCUT2D eigenvalue weighted by Gasteiger charge is -2.26. The second-order valence-electron chi connectivity index (χ2n) is 5.09. The summed E-state index contributed by atoms with van der Waals surface area (Å²) in [6.07, 6.45) is 7.02. The van der Waals surface area contributed by atoms with Crippen LogP contribution < -0.4 is 11.1 Å². The van der Waals surface area contributed by atoms with E-state index in [1.807, 2.05) is 0 Å². The SMILES string of the molecule is N#Cc1ccnnc1NCCCOC1CCC(N)CC1. The summed E-state index contributed by atoms with van der Waals surface area (Å²) in [5.74, 6) is 0.540. The number of nitrogens with two attached hydrogens (primary N) is 1. The third-order valence-electron chi connectivity index (χ3n) is 3.53. The van der Waals surface area contributed by atoms with Gasteiger partial charge in [0.25, 0.3) is 0 Å². The van der Waals surface area contributed by atoms with Crippen LogP contribution in [0.3, 0.4) is 0 Å². The number of nitriles is 1. The first-order valence-electron chi connectivity index (χ1n) is 7.12. The average molecular weight is 275 g/mol. The summed E-state index contributed by atoms with van der Waals surface area (Å²) in [4.78, 5) is 0. The van der Waals surface area contributed by atoms with Gasteiger partial charge in [0, 0.05) is 19.2 Å². The lowest BCUT2D eigenvalue weighted by molar-refractivity contribution is 0.0251. The maximum Gasteiger partial charge on any atom is 0.166 e. The molecule has 0 bridgehead atoms. The molecule has 1 heterocycles. The molecule has 6 heteroatoms. The van der Waals surface area contributed by atoms with Gasteiger partial charge in [-0.05, 0) is 38.2 Å². The molecule has 1 saturated carbocycles. The fraction of sp³-hybridized carbons (Fsp3) is 0.643. The zero-order valence-corrected chi connectivity index (χ0v) is 11.6. The van der Waals surface area contributed by atoms with Gasteiger partial charge in [0.05, 0.1) is 17.9 Å². The Kier molecular flexibility index (Phi) is 5.71. The molecule has 0 amide bonds. The molecule has 0 unspecified atom stereocenters. The number of nitrogens with one attached hydrogen (secondary N) is 1. The van der Waals surface area contributed by atoms with Crippen molar-refractivity contribution in [3.63, 3.8) is 0 Å². The van der Waals surface area contributed by atoms with E-state index < -0.39 is 0 Å². The summed E-state index contributed by atoms with van der Waals surface area (Å²) < 4.78 is 5.83. The van der Waals surface area contributed by atoms with Gasteiger partial charge in [-0.25, -0.2) is 0 Å². The van der Waals surface area contributed by atoms with Crippen molar-refractivity contribution in [3.8, 4) is 6.07 Å². The first-order valence-corrected chi connectivity index (χ1v) is 7.12. The van der Waals surface area contributed by atoms with Crippen molar-refractivity contribution in [3.05, 3.63) is 17.8 Å². The number of nitrogens with zero attached hydrogens (tertiary/aromatic N) is 3. The van der Waals surface area contributed by atoms with Crippen LogP contribution in [0.15, 0.2) is 12.3 Å². The molecule has 3 N–H and O–H groups in total. The van der Waals surface area contributed by atoms with Crippen LogP contribution in [-0.4, -0.2) is 35.5 Å². The Labute approximate surface area is 119 Å². The van der Waals surface area contributed by atoms with Gasteiger partial charge in [-0.1, -0.05) is 0 Å². The second kappa shape index (κ2) is 7.78. The number of aromatic nitrogens is 2. The van der Waals surface area contributed by atoms with Crippen molar-refractivity contribution in [2.24, 2.45) is 5.73 Å². The third kappa shape index (κ3) is 4.44. The van der Waals surface area contributed by atoms with Crippen molar-refractivity contribution in [2.75, 3.05) is 18.5 Å². The molecule has 0 aliphatic heterocycles. The molecule has 0 aromatic carbocycles. The molecular weight excluding hydrogens is 254 g/mol. The highest BCUT2D eigenvalue weighted by atomic mass is 16.5. The van der Waals surface area contributed by atoms with Gasteiger partial charge < -0.3 is 15.8 Å². The molecule has 2 rings (SSSR count). The number of anilines is 1. The first-order chi connectivity index (χ1) is 9.79. The highest BCUT2D eigenvalue weighted by Gasteiger charge is 2.18. The van der Waals surface area contributed by atoms with Gasteiger partial charge >= 0.3 is 0 Å². The van der Waals surface area contributed by atoms with Gasteiger partial charge in [-0.15, -0.1) is 5.10 Å². The average Bonchev–Trinajstić information content (AvgIpc) is 2.49. The van der Waals surface area contributed by atoms with Crippen LogP contribution in [0.25, 0.3) is 0 Å². The predicted octanol–water partition coefficient (Wildman–Crippen LogP) is 1.44. The molecule has 1 aliphatic carbocycles. The van der Waals surface area contributed by atoms with Crippen LogP contribution in [0, 0.1) is 11.3 Å². The summed E-state index contributed by atoms with van der Waals surface area (Å²) in [5.41, 5.74) is 6.38. The van der Waals surface area contributed by atoms with Gasteiger partial charge in [0.1, 0.15) is 6.07 Å². The van der Waals surface area contributed by atoms with Crippen LogP contribution >= 0.6 is 0 Å². The van der Waals surface area contributed by atoms with E-state index in [9.17, 15) is 0 Å². The summed E-state index contributed by atoms with van der Waals surface area (Å²) >= 11 is 0. The Morgan fingerprint density at radius 2 is 2.20 bits per heavy atom. The molecule has 20 heavy (non-hydrogen) atoms. The maximum absolute atomic E-state index is 8.92. The number of ether oxygens (including phenoxy) is 1. The Morgan fingerprint density at radius 3 is 2.95 bits per heavy atom. The Morgan fingerprint density at radius 1 is 1.40 bits per heavy atom. The Bertz CT molecular complexity index is 451. The molecular formula is C14H21N5O. The van der Waals surface area contributed by atoms with E-state index in [0.29, 0.717) is 23.5 Å². The smallest absolute Gasteiger partial charge is 0.166 e. The van der Waals surface area contributed by atoms with Crippen LogP contribution in [0.2, 0.25) is 0 Å². The quantitative estimate of drug-likeness (QED) is 0.762. The molecule has 0 radical (unpaired) electrons. The van der Waals surface area contributed by atoms with Crippen molar-refractivity contribution >= 4 is 5.82 Å². The van der Waals surface area contributed by atoms with Crippen LogP contribution in [0.5, 0.6) is 0 Å². The predicted molar refractivity (Wildman–Crippen MR) is 76.0 cm³/mol. The molecule has 0 saturated heterocycles.